The SMILES string of the molecule is CN(Cc1ccccc1F)C(=O)CCC(=O)c1ccc(Br)cc1. The number of hydrogen-bond donors (Lipinski definition) is 0. The molecule has 0 heterocycles. The molecule has 2 rings (SSSR count). The average Bonchev–Trinajstić information content (AvgIpc) is 2.55. The molecule has 23 heavy (non-hydrogen) atoms. The van der Waals surface area contributed by atoms with E-state index in [1.54, 1.807) is 49.5 Å². The second kappa shape index (κ2) is 8.02. The number of amides is 1. The fourth-order valence-electron chi connectivity index (χ4n) is 2.16. The summed E-state index contributed by atoms with van der Waals surface area (Å²) in [5.74, 6) is -0.595. The van der Waals surface area contributed by atoms with Gasteiger partial charge in [0.15, 0.2) is 5.78 Å². The van der Waals surface area contributed by atoms with Gasteiger partial charge in [-0.25, -0.2) is 4.39 Å². The highest BCUT2D eigenvalue weighted by molar-refractivity contribution is 9.10. The molecule has 3 nitrogen and oxygen atoms in total. The molecule has 0 saturated heterocycles. The van der Waals surface area contributed by atoms with Crippen molar-refractivity contribution in [1.82, 2.24) is 4.90 Å². The summed E-state index contributed by atoms with van der Waals surface area (Å²) in [5.41, 5.74) is 1.04. The van der Waals surface area contributed by atoms with Crippen LogP contribution in [-0.2, 0) is 11.3 Å². The number of rotatable bonds is 6. The Labute approximate surface area is 143 Å². The summed E-state index contributed by atoms with van der Waals surface area (Å²) >= 11 is 3.31. The van der Waals surface area contributed by atoms with Crippen molar-refractivity contribution in [1.29, 1.82) is 0 Å². The van der Waals surface area contributed by atoms with Gasteiger partial charge in [0.2, 0.25) is 5.91 Å². The van der Waals surface area contributed by atoms with Gasteiger partial charge in [0, 0.05) is 42.0 Å². The van der Waals surface area contributed by atoms with Crippen molar-refractivity contribution in [3.8, 4) is 0 Å². The van der Waals surface area contributed by atoms with Crippen molar-refractivity contribution in [3.05, 3.63) is 69.9 Å². The first-order valence-electron chi connectivity index (χ1n) is 7.23. The van der Waals surface area contributed by atoms with Crippen LogP contribution in [0.5, 0.6) is 0 Å². The molecule has 0 atom stereocenters. The van der Waals surface area contributed by atoms with E-state index in [2.05, 4.69) is 15.9 Å². The van der Waals surface area contributed by atoms with E-state index in [-0.39, 0.29) is 36.9 Å². The highest BCUT2D eigenvalue weighted by Crippen LogP contribution is 2.14. The Balaban J connectivity index is 1.87. The highest BCUT2D eigenvalue weighted by Gasteiger charge is 2.14. The molecule has 0 N–H and O–H groups in total. The molecule has 0 spiro atoms. The summed E-state index contributed by atoms with van der Waals surface area (Å²) in [7, 11) is 1.61. The number of hydrogen-bond acceptors (Lipinski definition) is 2. The van der Waals surface area contributed by atoms with Crippen LogP contribution in [0.1, 0.15) is 28.8 Å². The van der Waals surface area contributed by atoms with Gasteiger partial charge < -0.3 is 4.90 Å². The van der Waals surface area contributed by atoms with Gasteiger partial charge >= 0.3 is 0 Å². The third kappa shape index (κ3) is 4.99. The fourth-order valence-corrected chi connectivity index (χ4v) is 2.43. The minimum absolute atomic E-state index is 0.0786. The Morgan fingerprint density at radius 2 is 1.70 bits per heavy atom. The van der Waals surface area contributed by atoms with Gasteiger partial charge in [-0.2, -0.15) is 0 Å². The smallest absolute Gasteiger partial charge is 0.223 e. The lowest BCUT2D eigenvalue weighted by molar-refractivity contribution is -0.130. The molecular weight excluding hydrogens is 361 g/mol. The molecule has 0 aliphatic heterocycles. The van der Waals surface area contributed by atoms with E-state index in [4.69, 9.17) is 0 Å². The molecule has 0 aromatic heterocycles. The van der Waals surface area contributed by atoms with Gasteiger partial charge in [-0.15, -0.1) is 0 Å². The van der Waals surface area contributed by atoms with Crippen LogP contribution in [0.25, 0.3) is 0 Å². The molecule has 5 heteroatoms. The van der Waals surface area contributed by atoms with Crippen LogP contribution in [-0.4, -0.2) is 23.6 Å². The third-order valence-electron chi connectivity index (χ3n) is 3.52. The van der Waals surface area contributed by atoms with Crippen LogP contribution in [0.4, 0.5) is 4.39 Å². The Morgan fingerprint density at radius 3 is 2.35 bits per heavy atom. The van der Waals surface area contributed by atoms with E-state index in [9.17, 15) is 14.0 Å². The number of carbonyl (C=O) groups excluding carboxylic acids is 2. The van der Waals surface area contributed by atoms with Gasteiger partial charge in [0.1, 0.15) is 5.82 Å². The average molecular weight is 378 g/mol. The van der Waals surface area contributed by atoms with Crippen LogP contribution < -0.4 is 0 Å². The second-order valence-corrected chi connectivity index (χ2v) is 6.19. The number of Topliss-reactive ketones (excluding diaryl/α,β-unsaturated/α-hetero) is 1. The first-order chi connectivity index (χ1) is 11.0. The van der Waals surface area contributed by atoms with E-state index >= 15 is 0 Å². The minimum atomic E-state index is -0.335. The number of nitrogens with zero attached hydrogens (tertiary/aromatic N) is 1. The van der Waals surface area contributed by atoms with Crippen molar-refractivity contribution >= 4 is 27.6 Å². The van der Waals surface area contributed by atoms with Gasteiger partial charge in [0.25, 0.3) is 0 Å². The van der Waals surface area contributed by atoms with Gasteiger partial charge in [-0.3, -0.25) is 9.59 Å². The number of carbonyl (C=O) groups is 2. The molecule has 1 amide bonds. The van der Waals surface area contributed by atoms with Crippen molar-refractivity contribution in [2.75, 3.05) is 7.05 Å². The largest absolute Gasteiger partial charge is 0.341 e. The Morgan fingerprint density at radius 1 is 1.04 bits per heavy atom. The molecule has 0 aliphatic carbocycles. The monoisotopic (exact) mass is 377 g/mol. The molecule has 0 fully saturated rings. The normalized spacial score (nSPS) is 10.4. The Bertz CT molecular complexity index is 700. The van der Waals surface area contributed by atoms with E-state index in [0.29, 0.717) is 11.1 Å². The van der Waals surface area contributed by atoms with E-state index < -0.39 is 0 Å². The van der Waals surface area contributed by atoms with Crippen LogP contribution in [0, 0.1) is 5.82 Å². The molecular formula is C18H17BrFNO2. The molecule has 0 saturated carbocycles. The predicted molar refractivity (Wildman–Crippen MR) is 90.6 cm³/mol. The molecule has 120 valence electrons. The lowest BCUT2D eigenvalue weighted by Crippen LogP contribution is -2.27. The van der Waals surface area contributed by atoms with E-state index in [0.717, 1.165) is 4.47 Å². The summed E-state index contributed by atoms with van der Waals surface area (Å²) in [5, 5.41) is 0. The van der Waals surface area contributed by atoms with Crippen LogP contribution in [0.2, 0.25) is 0 Å². The molecule has 0 unspecified atom stereocenters. The third-order valence-corrected chi connectivity index (χ3v) is 4.05. The van der Waals surface area contributed by atoms with Crippen molar-refractivity contribution in [2.45, 2.75) is 19.4 Å². The summed E-state index contributed by atoms with van der Waals surface area (Å²) in [6, 6.07) is 13.4. The highest BCUT2D eigenvalue weighted by atomic mass is 79.9. The zero-order valence-corrected chi connectivity index (χ0v) is 14.3. The maximum Gasteiger partial charge on any atom is 0.223 e. The van der Waals surface area contributed by atoms with Crippen LogP contribution >= 0.6 is 15.9 Å². The molecule has 0 bridgehead atoms. The topological polar surface area (TPSA) is 37.4 Å². The van der Waals surface area contributed by atoms with Crippen molar-refractivity contribution in [2.24, 2.45) is 0 Å². The van der Waals surface area contributed by atoms with Crippen molar-refractivity contribution < 1.29 is 14.0 Å². The van der Waals surface area contributed by atoms with E-state index in [1.807, 2.05) is 0 Å². The first-order valence-corrected chi connectivity index (χ1v) is 8.03. The van der Waals surface area contributed by atoms with Crippen LogP contribution in [0.15, 0.2) is 53.0 Å². The maximum atomic E-state index is 13.6. The van der Waals surface area contributed by atoms with Gasteiger partial charge in [-0.05, 0) is 18.2 Å². The second-order valence-electron chi connectivity index (χ2n) is 5.27. The predicted octanol–water partition coefficient (Wildman–Crippen LogP) is 4.21. The van der Waals surface area contributed by atoms with Crippen LogP contribution in [0.3, 0.4) is 0 Å². The molecule has 2 aromatic carbocycles. The number of benzene rings is 2. The quantitative estimate of drug-likeness (QED) is 0.707. The summed E-state index contributed by atoms with van der Waals surface area (Å²) in [6.45, 7) is 0.192. The Hall–Kier alpha value is -2.01. The summed E-state index contributed by atoms with van der Waals surface area (Å²) < 4.78 is 14.5. The molecule has 0 radical (unpaired) electrons. The summed E-state index contributed by atoms with van der Waals surface area (Å²) in [4.78, 5) is 25.6. The first kappa shape index (κ1) is 17.3. The number of ketones is 1. The van der Waals surface area contributed by atoms with Crippen molar-refractivity contribution in [3.63, 3.8) is 0 Å². The fraction of sp³-hybridized carbons (Fsp3) is 0.222. The minimum Gasteiger partial charge on any atom is -0.341 e. The van der Waals surface area contributed by atoms with Gasteiger partial charge in [0.05, 0.1) is 0 Å². The standard InChI is InChI=1S/C18H17BrFNO2/c1-21(12-14-4-2-3-5-16(14)20)18(23)11-10-17(22)13-6-8-15(19)9-7-13/h2-9H,10-12H2,1H3. The molecule has 0 aliphatic rings. The maximum absolute atomic E-state index is 13.6. The zero-order valence-electron chi connectivity index (χ0n) is 12.8. The lowest BCUT2D eigenvalue weighted by atomic mass is 10.1. The number of halogens is 2. The molecule has 2 aromatic rings. The zero-order chi connectivity index (χ0) is 16.8. The lowest BCUT2D eigenvalue weighted by Gasteiger charge is -2.17. The Kier molecular flexibility index (Phi) is 6.04. The van der Waals surface area contributed by atoms with Gasteiger partial charge in [-0.1, -0.05) is 46.3 Å². The van der Waals surface area contributed by atoms with E-state index in [1.165, 1.54) is 11.0 Å². The summed E-state index contributed by atoms with van der Waals surface area (Å²) in [6.07, 6.45) is 0.252.